The first-order chi connectivity index (χ1) is 1.91. The Morgan fingerprint density at radius 1 is 1.00 bits per heavy atom. The van der Waals surface area contributed by atoms with Crippen molar-refractivity contribution < 1.29 is 10.2 Å². The Morgan fingerprint density at radius 2 is 1.20 bits per heavy atom. The molecule has 0 saturated heterocycles. The van der Waals surface area contributed by atoms with E-state index in [0.29, 0.717) is 0 Å². The first kappa shape index (κ1) is 8.94. The van der Waals surface area contributed by atoms with Crippen LogP contribution in [0.1, 0.15) is 0 Å². The van der Waals surface area contributed by atoms with Gasteiger partial charge in [-0.05, 0) is 0 Å². The van der Waals surface area contributed by atoms with Crippen molar-refractivity contribution >= 4 is 29.6 Å². The molecule has 5 heavy (non-hydrogen) atoms. The van der Waals surface area contributed by atoms with E-state index in [0.717, 1.165) is 0 Å². The Morgan fingerprint density at radius 3 is 1.20 bits per heavy atom. The van der Waals surface area contributed by atoms with Crippen LogP contribution in [0.4, 0.5) is 0 Å². The van der Waals surface area contributed by atoms with Crippen molar-refractivity contribution in [3.8, 4) is 12.2 Å². The zero-order chi connectivity index (χ0) is 3.41. The normalized spacial score (nSPS) is 2.40. The molecule has 0 aromatic heterocycles. The third-order valence-corrected chi connectivity index (χ3v) is 0.0500. The fourth-order valence-electron chi connectivity index (χ4n) is 0. The first-order valence-electron chi connectivity index (χ1n) is 0.697. The van der Waals surface area contributed by atoms with Crippen LogP contribution in [0.25, 0.3) is 0 Å². The van der Waals surface area contributed by atoms with E-state index in [2.05, 4.69) is 0 Å². The molecule has 0 amide bonds. The van der Waals surface area contributed by atoms with Gasteiger partial charge in [0, 0.05) is 0 Å². The van der Waals surface area contributed by atoms with Gasteiger partial charge in [-0.1, -0.05) is 0 Å². The van der Waals surface area contributed by atoms with Crippen molar-refractivity contribution in [1.29, 1.82) is 0 Å². The van der Waals surface area contributed by atoms with Gasteiger partial charge in [-0.2, -0.15) is 0 Å². The van der Waals surface area contributed by atoms with E-state index in [1.807, 2.05) is 0 Å². The SMILES string of the molecule is OC#CO.[NaH]. The van der Waals surface area contributed by atoms with Gasteiger partial charge >= 0.3 is 29.6 Å². The molecule has 0 radical (unpaired) electrons. The van der Waals surface area contributed by atoms with Crippen molar-refractivity contribution in [1.82, 2.24) is 0 Å². The summed E-state index contributed by atoms with van der Waals surface area (Å²) in [5.74, 6) is 0. The minimum atomic E-state index is 0. The van der Waals surface area contributed by atoms with Crippen LogP contribution in [0.15, 0.2) is 0 Å². The van der Waals surface area contributed by atoms with Gasteiger partial charge in [-0.15, -0.1) is 0 Å². The average molecular weight is 82.0 g/mol. The van der Waals surface area contributed by atoms with Crippen LogP contribution in [0.3, 0.4) is 0 Å². The summed E-state index contributed by atoms with van der Waals surface area (Å²) in [6.45, 7) is 0. The van der Waals surface area contributed by atoms with Gasteiger partial charge in [-0.3, -0.25) is 0 Å². The van der Waals surface area contributed by atoms with E-state index in [1.165, 1.54) is 12.2 Å². The number of hydrogen-bond acceptors (Lipinski definition) is 2. The van der Waals surface area contributed by atoms with Crippen molar-refractivity contribution in [3.05, 3.63) is 0 Å². The summed E-state index contributed by atoms with van der Waals surface area (Å²) in [7, 11) is 0. The molecule has 0 aliphatic carbocycles. The zero-order valence-electron chi connectivity index (χ0n) is 1.89. The number of aliphatic hydroxyl groups is 2. The Hall–Kier alpha value is 0.160. The van der Waals surface area contributed by atoms with Gasteiger partial charge in [0.1, 0.15) is 0 Å². The Bertz CT molecular complexity index is 44.4. The van der Waals surface area contributed by atoms with E-state index in [9.17, 15) is 0 Å². The summed E-state index contributed by atoms with van der Waals surface area (Å²) in [5.41, 5.74) is 0. The fraction of sp³-hybridized carbons (Fsp3) is 0. The van der Waals surface area contributed by atoms with Crippen LogP contribution in [-0.4, -0.2) is 39.8 Å². The summed E-state index contributed by atoms with van der Waals surface area (Å²) in [6.07, 6.45) is 2.47. The summed E-state index contributed by atoms with van der Waals surface area (Å²) in [4.78, 5) is 0. The molecule has 0 rings (SSSR count). The van der Waals surface area contributed by atoms with Crippen molar-refractivity contribution in [3.63, 3.8) is 0 Å². The molecule has 3 heteroatoms. The van der Waals surface area contributed by atoms with Gasteiger partial charge in [0.2, 0.25) is 0 Å². The molecular formula is C2H3NaO2. The molecule has 0 aromatic carbocycles. The molecule has 0 aromatic rings. The monoisotopic (exact) mass is 82.0 g/mol. The maximum absolute atomic E-state index is 7.26. The summed E-state index contributed by atoms with van der Waals surface area (Å²) >= 11 is 0. The van der Waals surface area contributed by atoms with E-state index >= 15 is 0 Å². The van der Waals surface area contributed by atoms with Crippen LogP contribution in [0, 0.1) is 12.2 Å². The minimum absolute atomic E-state index is 0. The topological polar surface area (TPSA) is 40.5 Å². The third-order valence-electron chi connectivity index (χ3n) is 0.0500. The van der Waals surface area contributed by atoms with Crippen LogP contribution < -0.4 is 0 Å². The number of hydrogen-bond donors (Lipinski definition) is 2. The predicted octanol–water partition coefficient (Wildman–Crippen LogP) is -0.999. The van der Waals surface area contributed by atoms with Crippen molar-refractivity contribution in [2.75, 3.05) is 0 Å². The summed E-state index contributed by atoms with van der Waals surface area (Å²) < 4.78 is 0. The molecule has 2 nitrogen and oxygen atoms in total. The molecular weight excluding hydrogens is 79.0 g/mol. The maximum atomic E-state index is 7.26. The second kappa shape index (κ2) is 8.90. The quantitative estimate of drug-likeness (QED) is 0.290. The molecule has 0 spiro atoms. The zero-order valence-corrected chi connectivity index (χ0v) is 1.89. The third kappa shape index (κ3) is 14.4. The summed E-state index contributed by atoms with van der Waals surface area (Å²) in [6, 6.07) is 0. The molecule has 0 bridgehead atoms. The van der Waals surface area contributed by atoms with Gasteiger partial charge in [0.15, 0.2) is 12.2 Å². The van der Waals surface area contributed by atoms with E-state index in [-0.39, 0.29) is 29.6 Å². The Balaban J connectivity index is 0. The molecule has 0 heterocycles. The Kier molecular flexibility index (Phi) is 15.9. The summed E-state index contributed by atoms with van der Waals surface area (Å²) in [5, 5.41) is 14.5. The van der Waals surface area contributed by atoms with E-state index in [1.54, 1.807) is 0 Å². The number of rotatable bonds is 0. The molecule has 0 saturated carbocycles. The number of aliphatic hydroxyl groups excluding tert-OH is 2. The van der Waals surface area contributed by atoms with Crippen LogP contribution in [0.2, 0.25) is 0 Å². The van der Waals surface area contributed by atoms with Gasteiger partial charge in [0.05, 0.1) is 0 Å². The molecule has 0 unspecified atom stereocenters. The standard InChI is InChI=1S/C2H2O2.Na.H/c3-1-2-4;;/h3-4H;;. The van der Waals surface area contributed by atoms with Gasteiger partial charge in [0.25, 0.3) is 0 Å². The van der Waals surface area contributed by atoms with Crippen molar-refractivity contribution in [2.45, 2.75) is 0 Å². The molecule has 0 aliphatic rings. The predicted molar refractivity (Wildman–Crippen MR) is 18.8 cm³/mol. The molecule has 2 N–H and O–H groups in total. The first-order valence-corrected chi connectivity index (χ1v) is 0.697. The molecule has 24 valence electrons. The molecule has 0 atom stereocenters. The van der Waals surface area contributed by atoms with E-state index < -0.39 is 0 Å². The fourth-order valence-corrected chi connectivity index (χ4v) is 0. The second-order valence-corrected chi connectivity index (χ2v) is 0.224. The van der Waals surface area contributed by atoms with Crippen LogP contribution in [0.5, 0.6) is 0 Å². The molecule has 0 fully saturated rings. The van der Waals surface area contributed by atoms with Crippen molar-refractivity contribution in [2.24, 2.45) is 0 Å². The second-order valence-electron chi connectivity index (χ2n) is 0.224. The average Bonchev–Trinajstić information content (AvgIpc) is 1.37. The van der Waals surface area contributed by atoms with E-state index in [4.69, 9.17) is 10.2 Å². The van der Waals surface area contributed by atoms with Gasteiger partial charge in [-0.25, -0.2) is 0 Å². The Labute approximate surface area is 52.1 Å². The van der Waals surface area contributed by atoms with Crippen LogP contribution in [-0.2, 0) is 0 Å². The molecule has 0 aliphatic heterocycles. The van der Waals surface area contributed by atoms with Crippen LogP contribution >= 0.6 is 0 Å². The van der Waals surface area contributed by atoms with Gasteiger partial charge < -0.3 is 10.2 Å².